The molecule has 1 aliphatic heterocycles. The van der Waals surface area contributed by atoms with Crippen molar-refractivity contribution >= 4 is 35.1 Å². The molecule has 0 aromatic carbocycles. The number of fused-ring (bicyclic) bond motifs is 1. The molecule has 1 fully saturated rings. The third-order valence-corrected chi connectivity index (χ3v) is 6.03. The number of hydrogen-bond donors (Lipinski definition) is 6. The number of amides is 2. The summed E-state index contributed by atoms with van der Waals surface area (Å²) < 4.78 is 17.9. The smallest absolute Gasteiger partial charge is 0.408 e. The Labute approximate surface area is 236 Å². The molecule has 16 heteroatoms. The lowest BCUT2D eigenvalue weighted by molar-refractivity contribution is -0.139. The summed E-state index contributed by atoms with van der Waals surface area (Å²) in [4.78, 5) is 48.8. The Balaban J connectivity index is 1.76. The Morgan fingerprint density at radius 1 is 1.00 bits per heavy atom. The number of nitrogen functional groups attached to an aromatic ring is 1. The fourth-order valence-corrected chi connectivity index (χ4v) is 4.29. The number of imidazole rings is 1. The van der Waals surface area contributed by atoms with Crippen molar-refractivity contribution in [2.75, 3.05) is 5.73 Å². The molecule has 41 heavy (non-hydrogen) atoms. The van der Waals surface area contributed by atoms with Crippen LogP contribution in [0.4, 0.5) is 15.4 Å². The summed E-state index contributed by atoms with van der Waals surface area (Å²) in [5.74, 6) is -1.17. The molecule has 1 aliphatic rings. The highest BCUT2D eigenvalue weighted by molar-refractivity contribution is 5.81. The van der Waals surface area contributed by atoms with E-state index < -0.39 is 66.0 Å². The van der Waals surface area contributed by atoms with Gasteiger partial charge in [0.2, 0.25) is 0 Å². The van der Waals surface area contributed by atoms with Crippen LogP contribution in [0, 0.1) is 0 Å². The summed E-state index contributed by atoms with van der Waals surface area (Å²) in [5, 5.41) is 36.3. The number of alkyl carbamates (subject to hydrolysis) is 2. The fourth-order valence-electron chi connectivity index (χ4n) is 4.29. The maximum atomic E-state index is 12.6. The molecule has 16 nitrogen and oxygen atoms in total. The summed E-state index contributed by atoms with van der Waals surface area (Å²) in [6, 6.07) is -2.11. The van der Waals surface area contributed by atoms with Crippen LogP contribution < -0.4 is 16.4 Å². The number of carbonyl (C=O) groups excluding carboxylic acids is 2. The maximum absolute atomic E-state index is 12.6. The van der Waals surface area contributed by atoms with E-state index in [9.17, 15) is 29.7 Å². The van der Waals surface area contributed by atoms with Crippen molar-refractivity contribution in [1.29, 1.82) is 0 Å². The number of nitrogens with zero attached hydrogens (tertiary/aromatic N) is 4. The van der Waals surface area contributed by atoms with Gasteiger partial charge in [-0.2, -0.15) is 0 Å². The van der Waals surface area contributed by atoms with E-state index in [0.29, 0.717) is 5.52 Å². The Bertz CT molecular complexity index is 1240. The lowest BCUT2D eigenvalue weighted by Gasteiger charge is -2.27. The number of carboxylic acids is 1. The van der Waals surface area contributed by atoms with Gasteiger partial charge in [0.1, 0.15) is 41.3 Å². The van der Waals surface area contributed by atoms with Gasteiger partial charge in [0.15, 0.2) is 17.7 Å². The van der Waals surface area contributed by atoms with Crippen molar-refractivity contribution < 1.29 is 43.9 Å². The number of hydrogen-bond acceptors (Lipinski definition) is 12. The topological polar surface area (TPSA) is 233 Å². The average molecular weight is 582 g/mol. The standard InChI is InChI=1S/C25H39N7O9/c1-24(2,3)40-22(37)30-12(7-8-13(21(35)36)31-23(38)41-25(4,5)6)9-14-16(33)17(34)20(39-14)32-11-29-15-18(26)27-10-28-19(15)32/h10-14,16-17,20,33-34H,7-9H2,1-6H3,(H,30,37)(H,31,38)(H,35,36)(H2,26,27,28). The SMILES string of the molecule is CC(C)(C)OC(=O)NC(CCC(NC(=O)OC(C)(C)C)C(=O)O)CC1OC(n2cnc3c(N)ncnc32)C(O)C1O. The van der Waals surface area contributed by atoms with Crippen LogP contribution in [0.25, 0.3) is 11.2 Å². The van der Waals surface area contributed by atoms with E-state index in [1.807, 2.05) is 0 Å². The van der Waals surface area contributed by atoms with E-state index >= 15 is 0 Å². The number of aliphatic hydroxyl groups is 2. The summed E-state index contributed by atoms with van der Waals surface area (Å²) in [6.45, 7) is 9.99. The van der Waals surface area contributed by atoms with E-state index in [1.165, 1.54) is 17.2 Å². The Kier molecular flexibility index (Phi) is 9.61. The van der Waals surface area contributed by atoms with Gasteiger partial charge in [-0.3, -0.25) is 4.57 Å². The second-order valence-electron chi connectivity index (χ2n) is 11.8. The number of rotatable bonds is 9. The fraction of sp³-hybridized carbons (Fsp3) is 0.680. The molecule has 2 aromatic rings. The monoisotopic (exact) mass is 581 g/mol. The first-order chi connectivity index (χ1) is 18.9. The maximum Gasteiger partial charge on any atom is 0.408 e. The molecule has 3 rings (SSSR count). The molecule has 228 valence electrons. The van der Waals surface area contributed by atoms with Crippen LogP contribution in [0.15, 0.2) is 12.7 Å². The van der Waals surface area contributed by atoms with Crippen LogP contribution in [0.3, 0.4) is 0 Å². The Morgan fingerprint density at radius 3 is 2.20 bits per heavy atom. The van der Waals surface area contributed by atoms with Gasteiger partial charge in [0.05, 0.1) is 12.4 Å². The number of aliphatic carboxylic acids is 1. The number of nitrogens with one attached hydrogen (secondary N) is 2. The molecule has 2 aromatic heterocycles. The zero-order chi connectivity index (χ0) is 30.7. The predicted octanol–water partition coefficient (Wildman–Crippen LogP) is 1.07. The minimum atomic E-state index is -1.39. The highest BCUT2D eigenvalue weighted by Gasteiger charge is 2.45. The predicted molar refractivity (Wildman–Crippen MR) is 143 cm³/mol. The number of ether oxygens (including phenoxy) is 3. The zero-order valence-electron chi connectivity index (χ0n) is 23.9. The van der Waals surface area contributed by atoms with Gasteiger partial charge in [0.25, 0.3) is 0 Å². The molecule has 0 spiro atoms. The lowest BCUT2D eigenvalue weighted by atomic mass is 9.97. The van der Waals surface area contributed by atoms with Gasteiger partial charge < -0.3 is 45.9 Å². The third kappa shape index (κ3) is 8.61. The molecule has 0 radical (unpaired) electrons. The van der Waals surface area contributed by atoms with Gasteiger partial charge >= 0.3 is 18.2 Å². The van der Waals surface area contributed by atoms with E-state index in [2.05, 4.69) is 25.6 Å². The Morgan fingerprint density at radius 2 is 1.61 bits per heavy atom. The molecule has 6 unspecified atom stereocenters. The van der Waals surface area contributed by atoms with Crippen molar-refractivity contribution in [3.63, 3.8) is 0 Å². The number of nitrogens with two attached hydrogens (primary N) is 1. The van der Waals surface area contributed by atoms with E-state index in [-0.39, 0.29) is 30.7 Å². The van der Waals surface area contributed by atoms with E-state index in [4.69, 9.17) is 19.9 Å². The molecular weight excluding hydrogens is 542 g/mol. The van der Waals surface area contributed by atoms with Gasteiger partial charge in [-0.05, 0) is 60.8 Å². The number of anilines is 1. The molecule has 0 bridgehead atoms. The largest absolute Gasteiger partial charge is 0.480 e. The number of aliphatic hydroxyl groups excluding tert-OH is 2. The first kappa shape index (κ1) is 31.8. The highest BCUT2D eigenvalue weighted by Crippen LogP contribution is 2.34. The second kappa shape index (κ2) is 12.4. The van der Waals surface area contributed by atoms with Gasteiger partial charge in [-0.1, -0.05) is 0 Å². The van der Waals surface area contributed by atoms with Crippen LogP contribution in [-0.2, 0) is 19.0 Å². The molecule has 2 amide bonds. The van der Waals surface area contributed by atoms with Crippen LogP contribution >= 0.6 is 0 Å². The first-order valence-corrected chi connectivity index (χ1v) is 13.1. The summed E-state index contributed by atoms with van der Waals surface area (Å²) in [7, 11) is 0. The minimum Gasteiger partial charge on any atom is -0.480 e. The number of carboxylic acid groups (broad SMARTS) is 1. The van der Waals surface area contributed by atoms with Crippen molar-refractivity contribution in [3.8, 4) is 0 Å². The summed E-state index contributed by atoms with van der Waals surface area (Å²) >= 11 is 0. The molecule has 7 N–H and O–H groups in total. The van der Waals surface area contributed by atoms with Gasteiger partial charge in [-0.25, -0.2) is 29.3 Å². The number of carbonyl (C=O) groups is 3. The van der Waals surface area contributed by atoms with Gasteiger partial charge in [0, 0.05) is 6.04 Å². The van der Waals surface area contributed by atoms with Crippen LogP contribution in [0.5, 0.6) is 0 Å². The minimum absolute atomic E-state index is 0.0313. The Hall–Kier alpha value is -3.76. The van der Waals surface area contributed by atoms with Crippen molar-refractivity contribution in [2.45, 2.75) is 109 Å². The first-order valence-electron chi connectivity index (χ1n) is 13.1. The van der Waals surface area contributed by atoms with Crippen molar-refractivity contribution in [3.05, 3.63) is 12.7 Å². The van der Waals surface area contributed by atoms with Crippen LogP contribution in [-0.4, -0.2) is 94.6 Å². The van der Waals surface area contributed by atoms with Crippen LogP contribution in [0.2, 0.25) is 0 Å². The van der Waals surface area contributed by atoms with Crippen molar-refractivity contribution in [2.24, 2.45) is 0 Å². The molecular formula is C25H39N7O9. The third-order valence-electron chi connectivity index (χ3n) is 6.03. The van der Waals surface area contributed by atoms with E-state index in [0.717, 1.165) is 0 Å². The lowest BCUT2D eigenvalue weighted by Crippen LogP contribution is -2.46. The van der Waals surface area contributed by atoms with Crippen molar-refractivity contribution in [1.82, 2.24) is 30.2 Å². The highest BCUT2D eigenvalue weighted by atomic mass is 16.6. The molecule has 6 atom stereocenters. The zero-order valence-corrected chi connectivity index (χ0v) is 23.9. The molecule has 3 heterocycles. The normalized spacial score (nSPS) is 22.6. The van der Waals surface area contributed by atoms with E-state index in [1.54, 1.807) is 41.5 Å². The van der Waals surface area contributed by atoms with Gasteiger partial charge in [-0.15, -0.1) is 0 Å². The second-order valence-corrected chi connectivity index (χ2v) is 11.8. The summed E-state index contributed by atoms with van der Waals surface area (Å²) in [5.41, 5.74) is 4.78. The summed E-state index contributed by atoms with van der Waals surface area (Å²) in [6.07, 6.45) is -4.03. The molecule has 0 saturated carbocycles. The molecule has 0 aliphatic carbocycles. The quantitative estimate of drug-likeness (QED) is 0.243. The number of aromatic nitrogens is 4. The molecule has 1 saturated heterocycles. The average Bonchev–Trinajstić information content (AvgIpc) is 3.36. The van der Waals surface area contributed by atoms with Crippen LogP contribution in [0.1, 0.15) is 67.0 Å².